The van der Waals surface area contributed by atoms with Crippen LogP contribution in [0.4, 0.5) is 5.69 Å². The molecule has 0 spiro atoms. The van der Waals surface area contributed by atoms with Crippen LogP contribution < -0.4 is 11.1 Å². The van der Waals surface area contributed by atoms with Crippen LogP contribution in [0, 0.1) is 23.7 Å². The van der Waals surface area contributed by atoms with Crippen molar-refractivity contribution in [3.05, 3.63) is 58.7 Å². The zero-order valence-corrected chi connectivity index (χ0v) is 20.1. The minimum atomic E-state index is -2.64. The van der Waals surface area contributed by atoms with Crippen LogP contribution in [-0.2, 0) is 25.6 Å². The second-order valence-electron chi connectivity index (χ2n) is 9.97. The standard InChI is InChI=1S/C28H26N2O7/c1-30-17-7-3-13(4-8-17)2-5-14-6-9-19(31)22-18(14)11-15-10-16-12-20(32)23(27(29)36)26(35)28(16,37)25(34)21(15)24(22)33/h2-9,15-16,21,23,30-31,37H,10-12H2,1H3,(H2,29,36)/b5-2+/t15-,16+,21?,23?,28+/m1/s1. The molecule has 1 amide bonds. The Morgan fingerprint density at radius 2 is 1.73 bits per heavy atom. The molecular formula is C28H26N2O7. The summed E-state index contributed by atoms with van der Waals surface area (Å²) in [5.74, 6) is -10.1. The van der Waals surface area contributed by atoms with E-state index in [0.29, 0.717) is 11.1 Å². The molecular weight excluding hydrogens is 476 g/mol. The van der Waals surface area contributed by atoms with Crippen molar-refractivity contribution in [2.75, 3.05) is 12.4 Å². The Hall–Kier alpha value is -4.11. The molecule has 0 aliphatic heterocycles. The van der Waals surface area contributed by atoms with Gasteiger partial charge in [-0.05, 0) is 53.6 Å². The Bertz CT molecular complexity index is 1390. The van der Waals surface area contributed by atoms with Crippen LogP contribution in [-0.4, -0.2) is 51.9 Å². The Morgan fingerprint density at radius 1 is 1.03 bits per heavy atom. The lowest BCUT2D eigenvalue weighted by molar-refractivity contribution is -0.175. The van der Waals surface area contributed by atoms with Gasteiger partial charge in [0.15, 0.2) is 34.7 Å². The van der Waals surface area contributed by atoms with E-state index in [1.807, 2.05) is 43.5 Å². The van der Waals surface area contributed by atoms with Gasteiger partial charge in [0, 0.05) is 25.1 Å². The minimum Gasteiger partial charge on any atom is -0.507 e. The van der Waals surface area contributed by atoms with Crippen molar-refractivity contribution in [2.45, 2.75) is 24.9 Å². The number of phenolic OH excluding ortho intramolecular Hbond substituents is 1. The lowest BCUT2D eigenvalue weighted by atomic mass is 9.53. The first-order valence-corrected chi connectivity index (χ1v) is 12.1. The van der Waals surface area contributed by atoms with Gasteiger partial charge in [0.25, 0.3) is 0 Å². The summed E-state index contributed by atoms with van der Waals surface area (Å²) in [5, 5.41) is 24.9. The number of Topliss-reactive ketones (excluding diaryl/α,β-unsaturated/α-hetero) is 4. The highest BCUT2D eigenvalue weighted by Gasteiger charge is 2.66. The molecule has 5 atom stereocenters. The third-order valence-electron chi connectivity index (χ3n) is 7.98. The lowest BCUT2D eigenvalue weighted by Crippen LogP contribution is -2.68. The maximum absolute atomic E-state index is 13.6. The monoisotopic (exact) mass is 502 g/mol. The molecule has 3 aliphatic rings. The van der Waals surface area contributed by atoms with Crippen LogP contribution in [0.1, 0.15) is 39.9 Å². The van der Waals surface area contributed by atoms with E-state index >= 15 is 0 Å². The summed E-state index contributed by atoms with van der Waals surface area (Å²) in [4.78, 5) is 64.3. The molecule has 0 aromatic heterocycles. The van der Waals surface area contributed by atoms with Crippen LogP contribution in [0.15, 0.2) is 36.4 Å². The molecule has 190 valence electrons. The Labute approximate surface area is 212 Å². The smallest absolute Gasteiger partial charge is 0.235 e. The van der Waals surface area contributed by atoms with Gasteiger partial charge in [-0.2, -0.15) is 0 Å². The van der Waals surface area contributed by atoms with Gasteiger partial charge in [0.05, 0.1) is 11.5 Å². The van der Waals surface area contributed by atoms with Gasteiger partial charge in [-0.25, -0.2) is 0 Å². The molecule has 2 unspecified atom stereocenters. The third kappa shape index (κ3) is 3.69. The van der Waals surface area contributed by atoms with Gasteiger partial charge in [0.1, 0.15) is 5.75 Å². The van der Waals surface area contributed by atoms with Crippen molar-refractivity contribution in [3.63, 3.8) is 0 Å². The van der Waals surface area contributed by atoms with Gasteiger partial charge in [-0.15, -0.1) is 0 Å². The number of phenols is 1. The number of carbonyl (C=O) groups excluding carboxylic acids is 5. The zero-order valence-electron chi connectivity index (χ0n) is 20.1. The molecule has 5 N–H and O–H groups in total. The van der Waals surface area contributed by atoms with E-state index in [1.54, 1.807) is 6.07 Å². The van der Waals surface area contributed by atoms with Crippen molar-refractivity contribution in [1.29, 1.82) is 0 Å². The van der Waals surface area contributed by atoms with E-state index in [1.165, 1.54) is 6.07 Å². The number of fused-ring (bicyclic) bond motifs is 3. The van der Waals surface area contributed by atoms with Crippen molar-refractivity contribution in [2.24, 2.45) is 29.4 Å². The highest BCUT2D eigenvalue weighted by Crippen LogP contribution is 2.50. The molecule has 0 radical (unpaired) electrons. The van der Waals surface area contributed by atoms with Crippen molar-refractivity contribution < 1.29 is 34.2 Å². The molecule has 2 aromatic carbocycles. The van der Waals surface area contributed by atoms with Crippen LogP contribution in [0.5, 0.6) is 5.75 Å². The maximum atomic E-state index is 13.6. The number of nitrogens with two attached hydrogens (primary N) is 1. The number of rotatable bonds is 4. The molecule has 37 heavy (non-hydrogen) atoms. The SMILES string of the molecule is CNc1ccc(/C=C/c2ccc(O)c3c2C[C@H]2C[C@H]4CC(=O)C(C(N)=O)C(=O)[C@@]4(O)C(=O)C2C3=O)cc1. The summed E-state index contributed by atoms with van der Waals surface area (Å²) in [6.07, 6.45) is 3.63. The van der Waals surface area contributed by atoms with Gasteiger partial charge < -0.3 is 21.3 Å². The number of hydrogen-bond acceptors (Lipinski definition) is 8. The summed E-state index contributed by atoms with van der Waals surface area (Å²) in [6.45, 7) is 0. The predicted octanol–water partition coefficient (Wildman–Crippen LogP) is 1.54. The molecule has 3 aliphatic carbocycles. The highest BCUT2D eigenvalue weighted by atomic mass is 16.3. The maximum Gasteiger partial charge on any atom is 0.235 e. The van der Waals surface area contributed by atoms with Crippen molar-refractivity contribution >= 4 is 46.9 Å². The number of nitrogens with one attached hydrogen (secondary N) is 1. The molecule has 5 rings (SSSR count). The number of anilines is 1. The van der Waals surface area contributed by atoms with Gasteiger partial charge >= 0.3 is 0 Å². The Balaban J connectivity index is 1.53. The van der Waals surface area contributed by atoms with Crippen molar-refractivity contribution in [1.82, 2.24) is 0 Å². The number of amides is 1. The molecule has 0 bridgehead atoms. The second kappa shape index (κ2) is 8.77. The summed E-state index contributed by atoms with van der Waals surface area (Å²) >= 11 is 0. The number of primary amides is 1. The molecule has 2 fully saturated rings. The summed E-state index contributed by atoms with van der Waals surface area (Å²) < 4.78 is 0. The topological polar surface area (TPSA) is 164 Å². The van der Waals surface area contributed by atoms with Gasteiger partial charge in [-0.1, -0.05) is 30.4 Å². The van der Waals surface area contributed by atoms with E-state index in [9.17, 15) is 34.2 Å². The normalized spacial score (nSPS) is 29.0. The first kappa shape index (κ1) is 24.6. The highest BCUT2D eigenvalue weighted by molar-refractivity contribution is 6.31. The largest absolute Gasteiger partial charge is 0.507 e. The van der Waals surface area contributed by atoms with Crippen molar-refractivity contribution in [3.8, 4) is 5.75 Å². The second-order valence-corrected chi connectivity index (χ2v) is 9.97. The van der Waals surface area contributed by atoms with E-state index in [0.717, 1.165) is 11.3 Å². The first-order chi connectivity index (χ1) is 17.6. The number of aliphatic hydroxyl groups is 1. The molecule has 0 saturated heterocycles. The first-order valence-electron chi connectivity index (χ1n) is 12.1. The van der Waals surface area contributed by atoms with Crippen LogP contribution >= 0.6 is 0 Å². The predicted molar refractivity (Wildman–Crippen MR) is 133 cm³/mol. The zero-order chi connectivity index (χ0) is 26.6. The number of ketones is 4. The Kier molecular flexibility index (Phi) is 5.83. The lowest BCUT2D eigenvalue weighted by Gasteiger charge is -2.48. The van der Waals surface area contributed by atoms with E-state index in [-0.39, 0.29) is 30.6 Å². The number of aromatic hydroxyl groups is 1. The number of hydrogen-bond donors (Lipinski definition) is 4. The molecule has 9 heteroatoms. The average molecular weight is 503 g/mol. The summed E-state index contributed by atoms with van der Waals surface area (Å²) in [5.41, 5.74) is 5.67. The van der Waals surface area contributed by atoms with Gasteiger partial charge in [-0.3, -0.25) is 24.0 Å². The number of carbonyl (C=O) groups is 5. The molecule has 2 saturated carbocycles. The fourth-order valence-electron chi connectivity index (χ4n) is 6.09. The van der Waals surface area contributed by atoms with E-state index < -0.39 is 58.3 Å². The number of benzene rings is 2. The van der Waals surface area contributed by atoms with E-state index in [4.69, 9.17) is 5.73 Å². The van der Waals surface area contributed by atoms with Crippen LogP contribution in [0.2, 0.25) is 0 Å². The van der Waals surface area contributed by atoms with E-state index in [2.05, 4.69) is 5.32 Å². The molecule has 2 aromatic rings. The third-order valence-corrected chi connectivity index (χ3v) is 7.98. The Morgan fingerprint density at radius 3 is 2.38 bits per heavy atom. The quantitative estimate of drug-likeness (QED) is 0.361. The molecule has 9 nitrogen and oxygen atoms in total. The summed E-state index contributed by atoms with van der Waals surface area (Å²) in [7, 11) is 1.82. The van der Waals surface area contributed by atoms with Crippen LogP contribution in [0.25, 0.3) is 12.2 Å². The van der Waals surface area contributed by atoms with Crippen LogP contribution in [0.3, 0.4) is 0 Å². The fourth-order valence-corrected chi connectivity index (χ4v) is 6.09. The fraction of sp³-hybridized carbons (Fsp3) is 0.321. The molecule has 0 heterocycles. The summed E-state index contributed by atoms with van der Waals surface area (Å²) in [6, 6.07) is 10.8. The average Bonchev–Trinajstić information content (AvgIpc) is 2.86. The minimum absolute atomic E-state index is 0.0184. The van der Waals surface area contributed by atoms with Gasteiger partial charge in [0.2, 0.25) is 5.91 Å².